The first-order chi connectivity index (χ1) is 9.50. The van der Waals surface area contributed by atoms with Crippen molar-refractivity contribution in [2.75, 3.05) is 13.2 Å². The van der Waals surface area contributed by atoms with Crippen molar-refractivity contribution in [1.82, 2.24) is 4.72 Å². The van der Waals surface area contributed by atoms with Crippen LogP contribution in [-0.2, 0) is 10.0 Å². The average Bonchev–Trinajstić information content (AvgIpc) is 2.39. The lowest BCUT2D eigenvalue weighted by Crippen LogP contribution is -2.43. The Bertz CT molecular complexity index is 654. The van der Waals surface area contributed by atoms with Gasteiger partial charge in [0.2, 0.25) is 10.0 Å². The lowest BCUT2D eigenvalue weighted by atomic mass is 10.1. The van der Waals surface area contributed by atoms with Crippen LogP contribution < -0.4 is 4.72 Å². The Morgan fingerprint density at radius 3 is 2.33 bits per heavy atom. The SMILES string of the molecule is Cc1cc([N+](=O)[O-])c(S(=O)(=O)NCC(C)(O)CO)cc1C. The molecule has 0 aliphatic carbocycles. The van der Waals surface area contributed by atoms with Crippen LogP contribution in [0.1, 0.15) is 18.1 Å². The fourth-order valence-electron chi connectivity index (χ4n) is 1.52. The Balaban J connectivity index is 3.25. The summed E-state index contributed by atoms with van der Waals surface area (Å²) >= 11 is 0. The second-order valence-electron chi connectivity index (χ2n) is 5.14. The molecule has 21 heavy (non-hydrogen) atoms. The second kappa shape index (κ2) is 6.06. The van der Waals surface area contributed by atoms with E-state index in [-0.39, 0.29) is 0 Å². The van der Waals surface area contributed by atoms with Crippen molar-refractivity contribution in [2.24, 2.45) is 0 Å². The smallest absolute Gasteiger partial charge is 0.289 e. The highest BCUT2D eigenvalue weighted by Gasteiger charge is 2.29. The molecule has 0 bridgehead atoms. The van der Waals surface area contributed by atoms with Gasteiger partial charge < -0.3 is 10.2 Å². The number of rotatable bonds is 6. The van der Waals surface area contributed by atoms with E-state index in [1.165, 1.54) is 19.1 Å². The fourth-order valence-corrected chi connectivity index (χ4v) is 2.91. The number of nitrogens with zero attached hydrogens (tertiary/aromatic N) is 1. The van der Waals surface area contributed by atoms with Gasteiger partial charge in [0.05, 0.1) is 17.1 Å². The van der Waals surface area contributed by atoms with Crippen LogP contribution >= 0.6 is 0 Å². The molecule has 3 N–H and O–H groups in total. The molecule has 0 saturated carbocycles. The Morgan fingerprint density at radius 2 is 1.86 bits per heavy atom. The van der Waals surface area contributed by atoms with Gasteiger partial charge in [0.1, 0.15) is 0 Å². The summed E-state index contributed by atoms with van der Waals surface area (Å²) in [6, 6.07) is 2.40. The third-order valence-electron chi connectivity index (χ3n) is 3.05. The van der Waals surface area contributed by atoms with Crippen molar-refractivity contribution in [3.05, 3.63) is 33.4 Å². The molecule has 1 rings (SSSR count). The van der Waals surface area contributed by atoms with Crippen molar-refractivity contribution in [2.45, 2.75) is 31.3 Å². The number of aliphatic hydroxyl groups excluding tert-OH is 1. The molecule has 0 aliphatic rings. The average molecular weight is 318 g/mol. The van der Waals surface area contributed by atoms with E-state index in [1.807, 2.05) is 0 Å². The highest BCUT2D eigenvalue weighted by atomic mass is 32.2. The van der Waals surface area contributed by atoms with E-state index >= 15 is 0 Å². The van der Waals surface area contributed by atoms with Gasteiger partial charge in [0.25, 0.3) is 5.69 Å². The molecule has 1 aromatic rings. The Kier molecular flexibility index (Phi) is 5.05. The normalized spacial score (nSPS) is 14.7. The number of nitrogens with one attached hydrogen (secondary N) is 1. The lowest BCUT2D eigenvalue weighted by Gasteiger charge is -2.20. The topological polar surface area (TPSA) is 130 Å². The summed E-state index contributed by atoms with van der Waals surface area (Å²) in [4.78, 5) is 9.77. The van der Waals surface area contributed by atoms with Crippen LogP contribution in [0.15, 0.2) is 17.0 Å². The van der Waals surface area contributed by atoms with Crippen LogP contribution in [0.3, 0.4) is 0 Å². The molecule has 0 saturated heterocycles. The molecule has 0 radical (unpaired) electrons. The van der Waals surface area contributed by atoms with Crippen molar-refractivity contribution >= 4 is 15.7 Å². The number of benzene rings is 1. The van der Waals surface area contributed by atoms with E-state index in [4.69, 9.17) is 5.11 Å². The third kappa shape index (κ3) is 4.21. The van der Waals surface area contributed by atoms with E-state index in [2.05, 4.69) is 4.72 Å². The molecular weight excluding hydrogens is 300 g/mol. The quantitative estimate of drug-likeness (QED) is 0.508. The summed E-state index contributed by atoms with van der Waals surface area (Å²) in [5.74, 6) is 0. The number of hydrogen-bond acceptors (Lipinski definition) is 6. The molecular formula is C12H18N2O6S. The number of aryl methyl sites for hydroxylation is 2. The van der Waals surface area contributed by atoms with Crippen LogP contribution in [-0.4, -0.2) is 42.3 Å². The van der Waals surface area contributed by atoms with Crippen LogP contribution in [0.4, 0.5) is 5.69 Å². The molecule has 1 atom stereocenters. The van der Waals surface area contributed by atoms with E-state index in [0.717, 1.165) is 0 Å². The van der Waals surface area contributed by atoms with Crippen LogP contribution in [0.2, 0.25) is 0 Å². The van der Waals surface area contributed by atoms with Gasteiger partial charge in [-0.3, -0.25) is 10.1 Å². The maximum absolute atomic E-state index is 12.2. The zero-order valence-electron chi connectivity index (χ0n) is 12.0. The molecule has 0 spiro atoms. The van der Waals surface area contributed by atoms with Gasteiger partial charge in [-0.05, 0) is 38.0 Å². The fraction of sp³-hybridized carbons (Fsp3) is 0.500. The minimum absolute atomic E-state index is 0.462. The zero-order chi connectivity index (χ0) is 16.4. The maximum Gasteiger partial charge on any atom is 0.289 e. The number of aliphatic hydroxyl groups is 2. The minimum atomic E-state index is -4.18. The molecule has 0 amide bonds. The lowest BCUT2D eigenvalue weighted by molar-refractivity contribution is -0.387. The molecule has 0 aromatic heterocycles. The van der Waals surface area contributed by atoms with Gasteiger partial charge in [0, 0.05) is 12.6 Å². The standard InChI is InChI=1S/C12H18N2O6S/c1-8-4-10(14(17)18)11(5-9(8)2)21(19,20)13-6-12(3,16)7-15/h4-5,13,15-16H,6-7H2,1-3H3. The van der Waals surface area contributed by atoms with E-state index in [0.29, 0.717) is 11.1 Å². The van der Waals surface area contributed by atoms with Crippen LogP contribution in [0.25, 0.3) is 0 Å². The Hall–Kier alpha value is -1.55. The summed E-state index contributed by atoms with van der Waals surface area (Å²) in [5.41, 5.74) is -0.992. The zero-order valence-corrected chi connectivity index (χ0v) is 12.8. The van der Waals surface area contributed by atoms with E-state index in [9.17, 15) is 23.6 Å². The molecule has 9 heteroatoms. The monoisotopic (exact) mass is 318 g/mol. The molecule has 0 fully saturated rings. The number of nitro groups is 1. The highest BCUT2D eigenvalue weighted by Crippen LogP contribution is 2.27. The van der Waals surface area contributed by atoms with Crippen LogP contribution in [0, 0.1) is 24.0 Å². The molecule has 8 nitrogen and oxygen atoms in total. The van der Waals surface area contributed by atoms with Gasteiger partial charge in [-0.25, -0.2) is 13.1 Å². The molecule has 1 unspecified atom stereocenters. The van der Waals surface area contributed by atoms with Gasteiger partial charge in [-0.15, -0.1) is 0 Å². The molecule has 118 valence electrons. The summed E-state index contributed by atoms with van der Waals surface area (Å²) in [6.07, 6.45) is 0. The van der Waals surface area contributed by atoms with Gasteiger partial charge in [0.15, 0.2) is 4.90 Å². The largest absolute Gasteiger partial charge is 0.393 e. The number of nitro benzene ring substituents is 1. The van der Waals surface area contributed by atoms with Crippen molar-refractivity contribution in [3.63, 3.8) is 0 Å². The maximum atomic E-state index is 12.2. The summed E-state index contributed by atoms with van der Waals surface area (Å²) < 4.78 is 26.4. The first kappa shape index (κ1) is 17.5. The molecule has 0 aliphatic heterocycles. The number of hydrogen-bond donors (Lipinski definition) is 3. The first-order valence-corrected chi connectivity index (χ1v) is 7.57. The van der Waals surface area contributed by atoms with Crippen molar-refractivity contribution in [1.29, 1.82) is 0 Å². The van der Waals surface area contributed by atoms with E-state index < -0.39 is 44.3 Å². The Morgan fingerprint density at radius 1 is 1.33 bits per heavy atom. The predicted octanol–water partition coefficient (Wildman–Crippen LogP) is 0.233. The van der Waals surface area contributed by atoms with Crippen molar-refractivity contribution < 1.29 is 23.6 Å². The van der Waals surface area contributed by atoms with E-state index in [1.54, 1.807) is 13.8 Å². The summed E-state index contributed by atoms with van der Waals surface area (Å²) in [5, 5.41) is 29.5. The minimum Gasteiger partial charge on any atom is -0.393 e. The van der Waals surface area contributed by atoms with Gasteiger partial charge in [-0.2, -0.15) is 0 Å². The van der Waals surface area contributed by atoms with Gasteiger partial charge in [-0.1, -0.05) is 0 Å². The third-order valence-corrected chi connectivity index (χ3v) is 4.48. The number of sulfonamides is 1. The molecule has 0 heterocycles. The van der Waals surface area contributed by atoms with Crippen LogP contribution in [0.5, 0.6) is 0 Å². The highest BCUT2D eigenvalue weighted by molar-refractivity contribution is 7.89. The summed E-state index contributed by atoms with van der Waals surface area (Å²) in [6.45, 7) is 3.41. The summed E-state index contributed by atoms with van der Waals surface area (Å²) in [7, 11) is -4.18. The Labute approximate surface area is 122 Å². The first-order valence-electron chi connectivity index (χ1n) is 6.09. The molecule has 1 aromatic carbocycles. The second-order valence-corrected chi connectivity index (χ2v) is 6.88. The van der Waals surface area contributed by atoms with Gasteiger partial charge >= 0.3 is 0 Å². The van der Waals surface area contributed by atoms with Crippen molar-refractivity contribution in [3.8, 4) is 0 Å². The predicted molar refractivity (Wildman–Crippen MR) is 75.5 cm³/mol.